The Morgan fingerprint density at radius 2 is 1.63 bits per heavy atom. The van der Waals surface area contributed by atoms with E-state index in [0.29, 0.717) is 11.3 Å². The fraction of sp³-hybridized carbons (Fsp3) is 0.419. The number of nitrogens with zero attached hydrogens (tertiary/aromatic N) is 2. The van der Waals surface area contributed by atoms with E-state index in [2.05, 4.69) is 15.2 Å². The molecule has 0 unspecified atom stereocenters. The molecule has 2 saturated heterocycles. The molecule has 2 N–H and O–H groups in total. The van der Waals surface area contributed by atoms with E-state index in [1.165, 1.54) is 32.1 Å². The molecule has 0 radical (unpaired) electrons. The lowest BCUT2D eigenvalue weighted by atomic mass is 9.99. The normalized spacial score (nSPS) is 22.8. The van der Waals surface area contributed by atoms with E-state index in [1.807, 2.05) is 48.5 Å². The van der Waals surface area contributed by atoms with Crippen LogP contribution in [0.5, 0.6) is 0 Å². The summed E-state index contributed by atoms with van der Waals surface area (Å²) in [6.07, 6.45) is 9.84. The monoisotopic (exact) mass is 515 g/mol. The number of amides is 1. The fourth-order valence-electron chi connectivity index (χ4n) is 5.24. The first kappa shape index (κ1) is 26.5. The van der Waals surface area contributed by atoms with Crippen molar-refractivity contribution in [1.29, 1.82) is 0 Å². The molecule has 1 amide bonds. The van der Waals surface area contributed by atoms with Gasteiger partial charge in [0, 0.05) is 36.6 Å². The minimum absolute atomic E-state index is 0.0266. The second kappa shape index (κ2) is 13.1. The maximum absolute atomic E-state index is 12.5. The highest BCUT2D eigenvalue weighted by molar-refractivity contribution is 6.03. The van der Waals surface area contributed by atoms with E-state index in [9.17, 15) is 9.90 Å². The Labute approximate surface area is 224 Å². The lowest BCUT2D eigenvalue weighted by Gasteiger charge is -2.38. The van der Waals surface area contributed by atoms with Crippen molar-refractivity contribution in [3.8, 4) is 0 Å². The minimum Gasteiger partial charge on any atom is -0.392 e. The summed E-state index contributed by atoms with van der Waals surface area (Å²) in [4.78, 5) is 19.1. The molecule has 3 atom stereocenters. The third-order valence-corrected chi connectivity index (χ3v) is 7.39. The van der Waals surface area contributed by atoms with Crippen molar-refractivity contribution in [2.45, 2.75) is 63.6 Å². The molecule has 3 heterocycles. The fourth-order valence-corrected chi connectivity index (χ4v) is 5.24. The summed E-state index contributed by atoms with van der Waals surface area (Å²) in [5.41, 5.74) is 4.11. The summed E-state index contributed by atoms with van der Waals surface area (Å²) in [7, 11) is 0. The first-order valence-corrected chi connectivity index (χ1v) is 13.7. The molecule has 0 aliphatic carbocycles. The molecule has 200 valence electrons. The number of carbonyl (C=O) groups excluding carboxylic acids is 1. The third-order valence-electron chi connectivity index (χ3n) is 7.39. The molecule has 0 spiro atoms. The van der Waals surface area contributed by atoms with Crippen LogP contribution in [0.2, 0.25) is 0 Å². The number of rotatable bonds is 7. The lowest BCUT2D eigenvalue weighted by molar-refractivity contribution is -0.253. The summed E-state index contributed by atoms with van der Waals surface area (Å²) in [6, 6.07) is 19.1. The Kier molecular flexibility index (Phi) is 9.15. The second-order valence-corrected chi connectivity index (χ2v) is 10.2. The van der Waals surface area contributed by atoms with Crippen LogP contribution in [0.3, 0.4) is 0 Å². The van der Waals surface area contributed by atoms with Crippen molar-refractivity contribution < 1.29 is 19.4 Å². The van der Waals surface area contributed by atoms with Gasteiger partial charge in [-0.15, -0.1) is 0 Å². The molecule has 0 bridgehead atoms. The quantitative estimate of drug-likeness (QED) is 0.424. The van der Waals surface area contributed by atoms with Crippen LogP contribution >= 0.6 is 0 Å². The number of benzene rings is 2. The van der Waals surface area contributed by atoms with Gasteiger partial charge in [0.05, 0.1) is 24.4 Å². The predicted octanol–water partition coefficient (Wildman–Crippen LogP) is 5.64. The maximum Gasteiger partial charge on any atom is 0.257 e. The van der Waals surface area contributed by atoms with Gasteiger partial charge in [-0.1, -0.05) is 55.7 Å². The van der Waals surface area contributed by atoms with E-state index >= 15 is 0 Å². The van der Waals surface area contributed by atoms with Gasteiger partial charge in [0.1, 0.15) is 0 Å². The molecular weight excluding hydrogens is 478 g/mol. The lowest BCUT2D eigenvalue weighted by Crippen LogP contribution is -2.40. The summed E-state index contributed by atoms with van der Waals surface area (Å²) in [5, 5.41) is 12.4. The van der Waals surface area contributed by atoms with Gasteiger partial charge >= 0.3 is 0 Å². The molecule has 2 aliphatic heterocycles. The van der Waals surface area contributed by atoms with E-state index in [4.69, 9.17) is 9.47 Å². The average Bonchev–Trinajstić information content (AvgIpc) is 2.95. The minimum atomic E-state index is -0.505. The number of anilines is 1. The number of pyridine rings is 1. The van der Waals surface area contributed by atoms with Gasteiger partial charge < -0.3 is 24.8 Å². The van der Waals surface area contributed by atoms with E-state index in [1.54, 1.807) is 24.5 Å². The van der Waals surface area contributed by atoms with Crippen molar-refractivity contribution >= 4 is 11.6 Å². The van der Waals surface area contributed by atoms with Crippen molar-refractivity contribution in [3.63, 3.8) is 0 Å². The highest BCUT2D eigenvalue weighted by Gasteiger charge is 2.33. The van der Waals surface area contributed by atoms with Gasteiger partial charge in [-0.2, -0.15) is 0 Å². The van der Waals surface area contributed by atoms with Gasteiger partial charge in [-0.05, 0) is 61.3 Å². The van der Waals surface area contributed by atoms with Gasteiger partial charge in [0.15, 0.2) is 6.29 Å². The Morgan fingerprint density at radius 3 is 2.32 bits per heavy atom. The highest BCUT2D eigenvalue weighted by Crippen LogP contribution is 2.38. The molecule has 1 aromatic heterocycles. The van der Waals surface area contributed by atoms with Crippen molar-refractivity contribution in [3.05, 3.63) is 95.3 Å². The number of hydrogen-bond donors (Lipinski definition) is 2. The van der Waals surface area contributed by atoms with Crippen LogP contribution in [0.4, 0.5) is 5.69 Å². The van der Waals surface area contributed by atoms with Crippen LogP contribution in [0.1, 0.15) is 78.0 Å². The first-order chi connectivity index (χ1) is 18.7. The topological polar surface area (TPSA) is 83.9 Å². The average molecular weight is 516 g/mol. The molecule has 2 fully saturated rings. The largest absolute Gasteiger partial charge is 0.392 e. The summed E-state index contributed by atoms with van der Waals surface area (Å²) in [5.74, 6) is -0.198. The predicted molar refractivity (Wildman–Crippen MR) is 147 cm³/mol. The molecule has 3 aromatic rings. The molecule has 38 heavy (non-hydrogen) atoms. The van der Waals surface area contributed by atoms with Gasteiger partial charge in [-0.3, -0.25) is 9.78 Å². The Hall–Kier alpha value is -3.10. The number of ether oxygens (including phenoxy) is 2. The molecule has 7 heteroatoms. The van der Waals surface area contributed by atoms with Gasteiger partial charge in [0.25, 0.3) is 5.91 Å². The molecule has 0 saturated carbocycles. The number of likely N-dealkylation sites (tertiary alicyclic amines) is 1. The van der Waals surface area contributed by atoms with E-state index in [-0.39, 0.29) is 24.7 Å². The first-order valence-electron chi connectivity index (χ1n) is 13.7. The van der Waals surface area contributed by atoms with Gasteiger partial charge in [0.2, 0.25) is 0 Å². The highest BCUT2D eigenvalue weighted by atomic mass is 16.7. The van der Waals surface area contributed by atoms with E-state index in [0.717, 1.165) is 42.7 Å². The van der Waals surface area contributed by atoms with Crippen LogP contribution in [-0.4, -0.2) is 46.6 Å². The molecular formula is C31H37N3O4. The van der Waals surface area contributed by atoms with Crippen LogP contribution in [0, 0.1) is 0 Å². The van der Waals surface area contributed by atoms with Crippen LogP contribution < -0.4 is 5.32 Å². The van der Waals surface area contributed by atoms with Gasteiger partial charge in [-0.25, -0.2) is 0 Å². The Bertz CT molecular complexity index is 1150. The zero-order valence-electron chi connectivity index (χ0n) is 21.8. The van der Waals surface area contributed by atoms with Crippen molar-refractivity contribution in [2.75, 3.05) is 25.0 Å². The smallest absolute Gasteiger partial charge is 0.257 e. The Balaban J connectivity index is 1.30. The molecule has 2 aromatic carbocycles. The van der Waals surface area contributed by atoms with Crippen molar-refractivity contribution in [2.24, 2.45) is 0 Å². The standard InChI is InChI=1S/C31H37N3O4/c35-22-23-8-10-24(11-9-23)29-19-28(21-34-17-4-2-1-3-5-18-34)37-31(38-29)25-12-14-27(15-13-25)33-30(36)26-7-6-16-32-20-26/h6-16,20,28-29,31,35H,1-5,17-19,21-22H2,(H,33,36)/t28-,29+,31+/m0/s1. The Morgan fingerprint density at radius 1 is 0.921 bits per heavy atom. The summed E-state index contributed by atoms with van der Waals surface area (Å²) >= 11 is 0. The number of aliphatic hydroxyl groups excluding tert-OH is 1. The molecule has 2 aliphatic rings. The van der Waals surface area contributed by atoms with Crippen LogP contribution in [0.25, 0.3) is 0 Å². The number of nitrogens with one attached hydrogen (secondary N) is 1. The zero-order valence-corrected chi connectivity index (χ0v) is 21.8. The number of aromatic nitrogens is 1. The SMILES string of the molecule is O=C(Nc1ccc([C@@H]2O[C@H](CN3CCCCCCC3)C[C@H](c3ccc(CO)cc3)O2)cc1)c1cccnc1. The zero-order chi connectivity index (χ0) is 26.2. The number of aliphatic hydroxyl groups is 1. The molecule has 7 nitrogen and oxygen atoms in total. The summed E-state index contributed by atoms with van der Waals surface area (Å²) in [6.45, 7) is 3.16. The molecule has 5 rings (SSSR count). The second-order valence-electron chi connectivity index (χ2n) is 10.2. The third kappa shape index (κ3) is 7.05. The summed E-state index contributed by atoms with van der Waals surface area (Å²) < 4.78 is 13.0. The number of hydrogen-bond acceptors (Lipinski definition) is 6. The van der Waals surface area contributed by atoms with E-state index < -0.39 is 6.29 Å². The van der Waals surface area contributed by atoms with Crippen LogP contribution in [-0.2, 0) is 16.1 Å². The number of carbonyl (C=O) groups is 1. The van der Waals surface area contributed by atoms with Crippen LogP contribution in [0.15, 0.2) is 73.1 Å². The maximum atomic E-state index is 12.5. The van der Waals surface area contributed by atoms with Crippen molar-refractivity contribution in [1.82, 2.24) is 9.88 Å².